The highest BCUT2D eigenvalue weighted by atomic mass is 32.2. The second-order valence-electron chi connectivity index (χ2n) is 12.2. The fourth-order valence-electron chi connectivity index (χ4n) is 8.59. The Kier molecular flexibility index (Phi) is 7.58. The maximum absolute atomic E-state index is 12.4. The van der Waals surface area contributed by atoms with E-state index in [9.17, 15) is 9.59 Å². The van der Waals surface area contributed by atoms with Crippen LogP contribution in [0.5, 0.6) is 0 Å². The lowest BCUT2D eigenvalue weighted by atomic mass is 9.47. The number of carbonyl (C=O) groups excluding carboxylic acids is 2. The summed E-state index contributed by atoms with van der Waals surface area (Å²) in [7, 11) is 0. The Balaban J connectivity index is 1.34. The monoisotopic (exact) mass is 475 g/mol. The predicted octanol–water partition coefficient (Wildman–Crippen LogP) is 6.13. The van der Waals surface area contributed by atoms with Crippen LogP contribution in [0.25, 0.3) is 0 Å². The van der Waals surface area contributed by atoms with E-state index in [1.807, 2.05) is 0 Å². The Bertz CT molecular complexity index is 779. The summed E-state index contributed by atoms with van der Waals surface area (Å²) in [5, 5.41) is 0. The number of amides is 1. The molecule has 3 saturated carbocycles. The molecule has 186 valence electrons. The largest absolute Gasteiger partial charge is 0.461 e. The minimum Gasteiger partial charge on any atom is -0.461 e. The maximum Gasteiger partial charge on any atom is 0.316 e. The summed E-state index contributed by atoms with van der Waals surface area (Å²) < 4.78 is 5.88. The van der Waals surface area contributed by atoms with E-state index in [0.717, 1.165) is 61.0 Å². The van der Waals surface area contributed by atoms with E-state index in [2.05, 4.69) is 33.8 Å². The normalized spacial score (nSPS) is 39.9. The third kappa shape index (κ3) is 4.90. The molecule has 0 aromatic heterocycles. The fraction of sp³-hybridized carbons (Fsp3) is 0.857. The smallest absolute Gasteiger partial charge is 0.316 e. The number of carbonyl (C=O) groups is 2. The van der Waals surface area contributed by atoms with Crippen molar-refractivity contribution in [2.24, 2.45) is 46.2 Å². The molecule has 0 aromatic rings. The minimum atomic E-state index is -0.276. The highest BCUT2D eigenvalue weighted by Crippen LogP contribution is 2.67. The molecule has 33 heavy (non-hydrogen) atoms. The Morgan fingerprint density at radius 1 is 1.15 bits per heavy atom. The number of primary amides is 1. The fourth-order valence-corrected chi connectivity index (χ4v) is 9.32. The quantitative estimate of drug-likeness (QED) is 0.260. The second kappa shape index (κ2) is 9.95. The van der Waals surface area contributed by atoms with E-state index >= 15 is 0 Å². The summed E-state index contributed by atoms with van der Waals surface area (Å²) in [6.07, 6.45) is 13.6. The van der Waals surface area contributed by atoms with Crippen LogP contribution >= 0.6 is 11.8 Å². The maximum atomic E-state index is 12.4. The van der Waals surface area contributed by atoms with Crippen LogP contribution in [-0.2, 0) is 14.3 Å². The standard InChI is InChI=1S/C28H45NO3S/c1-18(2)22-9-10-23-21-8-7-19-16-20(32-26(31)17-33-15-5-6-25(29)30)11-13-27(19,3)24(21)12-14-28(22,23)4/h7,18,20-24H,5-6,8-17H2,1-4H3,(H2,29,30)/t20?,21-,22+,23?,24?,27-,28+/m0/s1. The molecule has 4 aliphatic carbocycles. The summed E-state index contributed by atoms with van der Waals surface area (Å²) in [5.41, 5.74) is 7.58. The zero-order chi connectivity index (χ0) is 23.8. The average Bonchev–Trinajstić information content (AvgIpc) is 3.11. The van der Waals surface area contributed by atoms with Crippen LogP contribution in [0.15, 0.2) is 11.6 Å². The number of hydrogen-bond acceptors (Lipinski definition) is 4. The van der Waals surface area contributed by atoms with Crippen molar-refractivity contribution in [3.05, 3.63) is 11.6 Å². The number of hydrogen-bond donors (Lipinski definition) is 1. The van der Waals surface area contributed by atoms with Gasteiger partial charge in [0.2, 0.25) is 5.91 Å². The lowest BCUT2D eigenvalue weighted by Gasteiger charge is -2.58. The van der Waals surface area contributed by atoms with Gasteiger partial charge in [-0.15, -0.1) is 0 Å². The molecule has 4 rings (SSSR count). The molecule has 2 N–H and O–H groups in total. The van der Waals surface area contributed by atoms with Crippen molar-refractivity contribution in [3.8, 4) is 0 Å². The topological polar surface area (TPSA) is 69.4 Å². The lowest BCUT2D eigenvalue weighted by Crippen LogP contribution is -2.51. The summed E-state index contributed by atoms with van der Waals surface area (Å²) in [4.78, 5) is 23.2. The van der Waals surface area contributed by atoms with Crippen molar-refractivity contribution in [2.75, 3.05) is 11.5 Å². The van der Waals surface area contributed by atoms with Gasteiger partial charge in [-0.05, 0) is 97.5 Å². The van der Waals surface area contributed by atoms with Gasteiger partial charge in [0.15, 0.2) is 0 Å². The number of esters is 1. The van der Waals surface area contributed by atoms with E-state index < -0.39 is 0 Å². The highest BCUT2D eigenvalue weighted by molar-refractivity contribution is 7.99. The molecule has 0 saturated heterocycles. The molecular weight excluding hydrogens is 430 g/mol. The van der Waals surface area contributed by atoms with Crippen LogP contribution < -0.4 is 5.73 Å². The summed E-state index contributed by atoms with van der Waals surface area (Å²) in [6.45, 7) is 10.0. The van der Waals surface area contributed by atoms with Gasteiger partial charge in [-0.1, -0.05) is 39.3 Å². The van der Waals surface area contributed by atoms with Gasteiger partial charge in [0.05, 0.1) is 5.75 Å². The molecule has 0 aromatic carbocycles. The first-order valence-electron chi connectivity index (χ1n) is 13.4. The molecule has 3 unspecified atom stereocenters. The molecule has 7 atom stereocenters. The number of ether oxygens (including phenoxy) is 1. The van der Waals surface area contributed by atoms with Crippen molar-refractivity contribution in [1.82, 2.24) is 0 Å². The van der Waals surface area contributed by atoms with Gasteiger partial charge in [-0.3, -0.25) is 9.59 Å². The number of nitrogens with two attached hydrogens (primary N) is 1. The zero-order valence-corrected chi connectivity index (χ0v) is 22.1. The van der Waals surface area contributed by atoms with Crippen molar-refractivity contribution < 1.29 is 14.3 Å². The number of allylic oxidation sites excluding steroid dienone is 1. The molecule has 4 aliphatic rings. The van der Waals surface area contributed by atoms with Gasteiger partial charge in [0.25, 0.3) is 0 Å². The van der Waals surface area contributed by atoms with Crippen LogP contribution in [0.1, 0.15) is 91.9 Å². The zero-order valence-electron chi connectivity index (χ0n) is 21.2. The highest BCUT2D eigenvalue weighted by Gasteiger charge is 2.58. The molecule has 1 amide bonds. The number of fused-ring (bicyclic) bond motifs is 5. The Morgan fingerprint density at radius 3 is 2.67 bits per heavy atom. The van der Waals surface area contributed by atoms with Gasteiger partial charge < -0.3 is 10.5 Å². The molecule has 0 aliphatic heterocycles. The first-order chi connectivity index (χ1) is 15.6. The summed E-state index contributed by atoms with van der Waals surface area (Å²) in [5.74, 6) is 4.98. The van der Waals surface area contributed by atoms with E-state index in [-0.39, 0.29) is 18.0 Å². The van der Waals surface area contributed by atoms with Crippen LogP contribution in [-0.4, -0.2) is 29.5 Å². The minimum absolute atomic E-state index is 0.0326. The van der Waals surface area contributed by atoms with E-state index in [1.54, 1.807) is 17.3 Å². The Labute approximate surface area is 205 Å². The number of rotatable bonds is 8. The van der Waals surface area contributed by atoms with Crippen LogP contribution in [0, 0.1) is 40.4 Å². The van der Waals surface area contributed by atoms with Crippen LogP contribution in [0.4, 0.5) is 0 Å². The number of thioether (sulfide) groups is 1. The molecule has 5 heteroatoms. The molecule has 0 radical (unpaired) electrons. The Hall–Kier alpha value is -0.970. The molecule has 0 bridgehead atoms. The first kappa shape index (κ1) is 25.1. The van der Waals surface area contributed by atoms with E-state index in [0.29, 0.717) is 23.0 Å². The predicted molar refractivity (Wildman–Crippen MR) is 136 cm³/mol. The third-order valence-corrected chi connectivity index (χ3v) is 11.2. The summed E-state index contributed by atoms with van der Waals surface area (Å²) >= 11 is 1.54. The lowest BCUT2D eigenvalue weighted by molar-refractivity contribution is -0.148. The van der Waals surface area contributed by atoms with Crippen molar-refractivity contribution in [1.29, 1.82) is 0 Å². The molecular formula is C28H45NO3S. The van der Waals surface area contributed by atoms with Gasteiger partial charge in [-0.25, -0.2) is 0 Å². The van der Waals surface area contributed by atoms with Gasteiger partial charge in [0, 0.05) is 12.8 Å². The van der Waals surface area contributed by atoms with Crippen molar-refractivity contribution in [3.63, 3.8) is 0 Å². The molecule has 0 heterocycles. The first-order valence-corrected chi connectivity index (χ1v) is 14.6. The van der Waals surface area contributed by atoms with Crippen molar-refractivity contribution >= 4 is 23.6 Å². The van der Waals surface area contributed by atoms with Gasteiger partial charge in [0.1, 0.15) is 6.10 Å². The van der Waals surface area contributed by atoms with Gasteiger partial charge >= 0.3 is 5.97 Å². The van der Waals surface area contributed by atoms with E-state index in [1.165, 1.54) is 32.1 Å². The summed E-state index contributed by atoms with van der Waals surface area (Å²) in [6, 6.07) is 0. The third-order valence-electron chi connectivity index (χ3n) is 10.2. The van der Waals surface area contributed by atoms with Crippen molar-refractivity contribution in [2.45, 2.75) is 98.0 Å². The van der Waals surface area contributed by atoms with E-state index in [4.69, 9.17) is 10.5 Å². The van der Waals surface area contributed by atoms with Crippen LogP contribution in [0.2, 0.25) is 0 Å². The Morgan fingerprint density at radius 2 is 1.94 bits per heavy atom. The van der Waals surface area contributed by atoms with Crippen LogP contribution in [0.3, 0.4) is 0 Å². The molecule has 4 nitrogen and oxygen atoms in total. The van der Waals surface area contributed by atoms with Gasteiger partial charge in [-0.2, -0.15) is 11.8 Å². The molecule has 0 spiro atoms. The average molecular weight is 476 g/mol. The SMILES string of the molecule is CC(C)[C@H]1CCC2[C@@H]3CC=C4CC(OC(=O)CSCCCC(N)=O)CC[C@]4(C)C3CC[C@@]21C. The molecule has 3 fully saturated rings. The second-order valence-corrected chi connectivity index (χ2v) is 13.3.